The fourth-order valence-corrected chi connectivity index (χ4v) is 2.38. The molecule has 0 fully saturated rings. The molecule has 1 aromatic heterocycles. The highest BCUT2D eigenvalue weighted by Gasteiger charge is 2.08. The minimum Gasteiger partial charge on any atom is -0.387 e. The Labute approximate surface area is 146 Å². The molecule has 0 atom stereocenters. The molecule has 0 saturated carbocycles. The van der Waals surface area contributed by atoms with Crippen LogP contribution in [0.2, 0.25) is 0 Å². The summed E-state index contributed by atoms with van der Waals surface area (Å²) in [5.74, 6) is 1.71. The molecule has 2 aromatic carbocycles. The van der Waals surface area contributed by atoms with Gasteiger partial charge in [0.2, 0.25) is 5.89 Å². The van der Waals surface area contributed by atoms with Gasteiger partial charge in [0.25, 0.3) is 0 Å². The molecule has 6 nitrogen and oxygen atoms in total. The third kappa shape index (κ3) is 4.60. The first-order chi connectivity index (χ1) is 12.2. The first-order valence-corrected chi connectivity index (χ1v) is 7.99. The predicted molar refractivity (Wildman–Crippen MR) is 98.8 cm³/mol. The summed E-state index contributed by atoms with van der Waals surface area (Å²) in [6.07, 6.45) is 1.73. The van der Waals surface area contributed by atoms with Crippen molar-refractivity contribution >= 4 is 23.9 Å². The van der Waals surface area contributed by atoms with Gasteiger partial charge >= 0.3 is 0 Å². The Morgan fingerprint density at radius 1 is 1.04 bits per heavy atom. The number of benzene rings is 2. The smallest absolute Gasteiger partial charge is 0.231 e. The zero-order chi connectivity index (χ0) is 17.5. The molecule has 2 N–H and O–H groups in total. The molecular formula is C19H19N5O. The zero-order valence-corrected chi connectivity index (χ0v) is 13.8. The first-order valence-electron chi connectivity index (χ1n) is 7.99. The van der Waals surface area contributed by atoms with Crippen molar-refractivity contribution in [1.82, 2.24) is 10.1 Å². The second-order valence-corrected chi connectivity index (χ2v) is 5.52. The van der Waals surface area contributed by atoms with Crippen molar-refractivity contribution in [3.05, 3.63) is 71.9 Å². The number of para-hydroxylation sites is 2. The molecule has 0 bridgehead atoms. The first kappa shape index (κ1) is 16.6. The van der Waals surface area contributed by atoms with E-state index in [0.717, 1.165) is 5.56 Å². The van der Waals surface area contributed by atoms with Gasteiger partial charge in [0, 0.05) is 12.8 Å². The highest BCUT2D eigenvalue weighted by atomic mass is 16.5. The molecule has 25 heavy (non-hydrogen) atoms. The number of nitrogens with two attached hydrogens (primary N) is 1. The van der Waals surface area contributed by atoms with Crippen LogP contribution in [-0.2, 0) is 12.8 Å². The van der Waals surface area contributed by atoms with E-state index in [4.69, 9.17) is 10.3 Å². The van der Waals surface area contributed by atoms with Gasteiger partial charge < -0.3 is 10.3 Å². The summed E-state index contributed by atoms with van der Waals surface area (Å²) in [5, 5.41) is 4.00. The van der Waals surface area contributed by atoms with Crippen molar-refractivity contribution in [2.24, 2.45) is 15.7 Å². The van der Waals surface area contributed by atoms with Gasteiger partial charge in [-0.2, -0.15) is 4.98 Å². The Kier molecular flexibility index (Phi) is 5.31. The standard InChI is InChI=1S/C19H19N5O/c1-21-15-9-5-6-10-16(15)22-17(20)11-12-18-23-19(25-24-18)13-14-7-3-2-4-8-14/h2-10H,1,11-13H2,(H2,20,22). The predicted octanol–water partition coefficient (Wildman–Crippen LogP) is 3.61. The van der Waals surface area contributed by atoms with Gasteiger partial charge in [-0.1, -0.05) is 47.6 Å². The molecule has 3 rings (SSSR count). The topological polar surface area (TPSA) is 89.7 Å². The number of hydrogen-bond donors (Lipinski definition) is 1. The molecule has 0 amide bonds. The van der Waals surface area contributed by atoms with Crippen molar-refractivity contribution in [2.75, 3.05) is 0 Å². The molecule has 0 spiro atoms. The van der Waals surface area contributed by atoms with E-state index in [0.29, 0.717) is 48.2 Å². The minimum absolute atomic E-state index is 0.491. The van der Waals surface area contributed by atoms with E-state index in [1.54, 1.807) is 0 Å². The van der Waals surface area contributed by atoms with Gasteiger partial charge in [-0.25, -0.2) is 4.99 Å². The molecular weight excluding hydrogens is 314 g/mol. The van der Waals surface area contributed by atoms with Crippen molar-refractivity contribution < 1.29 is 4.52 Å². The van der Waals surface area contributed by atoms with Gasteiger partial charge in [-0.15, -0.1) is 0 Å². The SMILES string of the molecule is C=Nc1ccccc1N=C(N)CCc1noc(Cc2ccccc2)n1. The van der Waals surface area contributed by atoms with Crippen molar-refractivity contribution in [3.8, 4) is 0 Å². The largest absolute Gasteiger partial charge is 0.387 e. The van der Waals surface area contributed by atoms with Crippen LogP contribution in [-0.4, -0.2) is 22.7 Å². The maximum atomic E-state index is 6.01. The van der Waals surface area contributed by atoms with Crippen molar-refractivity contribution in [2.45, 2.75) is 19.3 Å². The van der Waals surface area contributed by atoms with Crippen LogP contribution in [0, 0.1) is 0 Å². The third-order valence-corrected chi connectivity index (χ3v) is 3.63. The highest BCUT2D eigenvalue weighted by molar-refractivity contribution is 5.85. The number of nitrogens with zero attached hydrogens (tertiary/aromatic N) is 4. The molecule has 3 aromatic rings. The Morgan fingerprint density at radius 2 is 1.76 bits per heavy atom. The number of aryl methyl sites for hydroxylation is 1. The summed E-state index contributed by atoms with van der Waals surface area (Å²) in [7, 11) is 0. The second kappa shape index (κ2) is 8.01. The normalized spacial score (nSPS) is 11.4. The summed E-state index contributed by atoms with van der Waals surface area (Å²) in [6.45, 7) is 3.54. The Morgan fingerprint density at radius 3 is 2.52 bits per heavy atom. The van der Waals surface area contributed by atoms with Gasteiger partial charge in [0.15, 0.2) is 5.82 Å². The second-order valence-electron chi connectivity index (χ2n) is 5.52. The van der Waals surface area contributed by atoms with E-state index < -0.39 is 0 Å². The average molecular weight is 333 g/mol. The van der Waals surface area contributed by atoms with Crippen LogP contribution in [0.5, 0.6) is 0 Å². The fraction of sp³-hybridized carbons (Fsp3) is 0.158. The highest BCUT2D eigenvalue weighted by Crippen LogP contribution is 2.26. The number of hydrogen-bond acceptors (Lipinski definition) is 5. The number of aliphatic imine (C=N–C) groups is 2. The summed E-state index contributed by atoms with van der Waals surface area (Å²) < 4.78 is 5.29. The van der Waals surface area contributed by atoms with E-state index in [-0.39, 0.29) is 0 Å². The van der Waals surface area contributed by atoms with Gasteiger partial charge in [0.1, 0.15) is 5.84 Å². The van der Waals surface area contributed by atoms with Crippen LogP contribution in [0.15, 0.2) is 69.1 Å². The fourth-order valence-electron chi connectivity index (χ4n) is 2.38. The summed E-state index contributed by atoms with van der Waals surface area (Å²) in [4.78, 5) is 12.7. The molecule has 0 aliphatic carbocycles. The molecule has 0 unspecified atom stereocenters. The molecule has 1 heterocycles. The number of rotatable bonds is 7. The number of aromatic nitrogens is 2. The van der Waals surface area contributed by atoms with Gasteiger partial charge in [-0.3, -0.25) is 4.99 Å². The lowest BCUT2D eigenvalue weighted by Gasteiger charge is -2.01. The molecule has 0 aliphatic heterocycles. The zero-order valence-electron chi connectivity index (χ0n) is 13.8. The van der Waals surface area contributed by atoms with E-state index >= 15 is 0 Å². The molecule has 6 heteroatoms. The maximum Gasteiger partial charge on any atom is 0.231 e. The van der Waals surface area contributed by atoms with Crippen LogP contribution < -0.4 is 5.73 Å². The number of amidine groups is 1. The lowest BCUT2D eigenvalue weighted by Crippen LogP contribution is -2.12. The van der Waals surface area contributed by atoms with Crippen molar-refractivity contribution in [3.63, 3.8) is 0 Å². The monoisotopic (exact) mass is 333 g/mol. The van der Waals surface area contributed by atoms with Crippen LogP contribution >= 0.6 is 0 Å². The molecule has 0 radical (unpaired) electrons. The van der Waals surface area contributed by atoms with Gasteiger partial charge in [0.05, 0.1) is 17.8 Å². The molecule has 0 saturated heterocycles. The summed E-state index contributed by atoms with van der Waals surface area (Å²) in [6, 6.07) is 17.5. The molecule has 126 valence electrons. The van der Waals surface area contributed by atoms with Crippen LogP contribution in [0.25, 0.3) is 0 Å². The lowest BCUT2D eigenvalue weighted by atomic mass is 10.1. The van der Waals surface area contributed by atoms with Crippen molar-refractivity contribution in [1.29, 1.82) is 0 Å². The molecule has 0 aliphatic rings. The summed E-state index contributed by atoms with van der Waals surface area (Å²) >= 11 is 0. The van der Waals surface area contributed by atoms with Crippen LogP contribution in [0.3, 0.4) is 0 Å². The quantitative estimate of drug-likeness (QED) is 0.528. The van der Waals surface area contributed by atoms with Crippen LogP contribution in [0.1, 0.15) is 23.7 Å². The van der Waals surface area contributed by atoms with Crippen LogP contribution in [0.4, 0.5) is 11.4 Å². The maximum absolute atomic E-state index is 6.01. The van der Waals surface area contributed by atoms with E-state index in [1.165, 1.54) is 0 Å². The Bertz CT molecular complexity index is 870. The van der Waals surface area contributed by atoms with E-state index in [1.807, 2.05) is 54.6 Å². The summed E-state index contributed by atoms with van der Waals surface area (Å²) in [5.41, 5.74) is 8.55. The minimum atomic E-state index is 0.491. The lowest BCUT2D eigenvalue weighted by molar-refractivity contribution is 0.379. The van der Waals surface area contributed by atoms with E-state index in [9.17, 15) is 0 Å². The third-order valence-electron chi connectivity index (χ3n) is 3.63. The Balaban J connectivity index is 1.60. The van der Waals surface area contributed by atoms with Gasteiger partial charge in [-0.05, 0) is 24.4 Å². The average Bonchev–Trinajstić information content (AvgIpc) is 3.09. The van der Waals surface area contributed by atoms with E-state index in [2.05, 4.69) is 26.8 Å². The Hall–Kier alpha value is -3.28.